The summed E-state index contributed by atoms with van der Waals surface area (Å²) in [5.74, 6) is -1.31. The second-order valence-electron chi connectivity index (χ2n) is 2.18. The van der Waals surface area contributed by atoms with Crippen LogP contribution < -0.4 is 0 Å². The first-order valence-corrected chi connectivity index (χ1v) is 3.68. The van der Waals surface area contributed by atoms with Crippen molar-refractivity contribution in [3.05, 3.63) is 12.7 Å². The van der Waals surface area contributed by atoms with Gasteiger partial charge in [0.05, 0.1) is 0 Å². The van der Waals surface area contributed by atoms with Crippen molar-refractivity contribution in [3.63, 3.8) is 0 Å². The highest BCUT2D eigenvalue weighted by molar-refractivity contribution is 5.91. The Kier molecular flexibility index (Phi) is 5.91. The van der Waals surface area contributed by atoms with Crippen LogP contribution in [0.25, 0.3) is 0 Å². The van der Waals surface area contributed by atoms with Crippen molar-refractivity contribution in [2.75, 3.05) is 6.61 Å². The minimum absolute atomic E-state index is 0.0443. The molecule has 0 saturated heterocycles. The SMILES string of the molecule is C=CC(=O)OC(=O)CCCCO. The van der Waals surface area contributed by atoms with Crippen LogP contribution in [0.15, 0.2) is 12.7 Å². The number of aliphatic hydroxyl groups is 1. The topological polar surface area (TPSA) is 63.6 Å². The summed E-state index contributed by atoms with van der Waals surface area (Å²) in [5, 5.41) is 8.37. The second kappa shape index (κ2) is 6.54. The third kappa shape index (κ3) is 5.61. The third-order valence-corrected chi connectivity index (χ3v) is 1.17. The fraction of sp³-hybridized carbons (Fsp3) is 0.500. The standard InChI is InChI=1S/C8H12O4/c1-2-7(10)12-8(11)5-3-4-6-9/h2,9H,1,3-6H2. The zero-order valence-corrected chi connectivity index (χ0v) is 6.78. The molecule has 0 aliphatic heterocycles. The van der Waals surface area contributed by atoms with Crippen LogP contribution >= 0.6 is 0 Å². The molecule has 0 radical (unpaired) electrons. The highest BCUT2D eigenvalue weighted by Crippen LogP contribution is 1.96. The number of carbonyl (C=O) groups is 2. The smallest absolute Gasteiger partial charge is 0.337 e. The largest absolute Gasteiger partial charge is 0.396 e. The lowest BCUT2D eigenvalue weighted by atomic mass is 10.2. The molecule has 1 N–H and O–H groups in total. The summed E-state index contributed by atoms with van der Waals surface area (Å²) in [5.41, 5.74) is 0. The number of rotatable bonds is 5. The van der Waals surface area contributed by atoms with E-state index in [-0.39, 0.29) is 13.0 Å². The van der Waals surface area contributed by atoms with Gasteiger partial charge in [0.15, 0.2) is 0 Å². The van der Waals surface area contributed by atoms with Gasteiger partial charge in [-0.25, -0.2) is 4.79 Å². The Morgan fingerprint density at radius 2 is 2.08 bits per heavy atom. The van der Waals surface area contributed by atoms with Crippen LogP contribution in [0, 0.1) is 0 Å². The van der Waals surface area contributed by atoms with Gasteiger partial charge in [0.25, 0.3) is 0 Å². The monoisotopic (exact) mass is 172 g/mol. The molecule has 0 unspecified atom stereocenters. The Morgan fingerprint density at radius 3 is 2.58 bits per heavy atom. The van der Waals surface area contributed by atoms with E-state index >= 15 is 0 Å². The van der Waals surface area contributed by atoms with E-state index in [9.17, 15) is 9.59 Å². The predicted octanol–water partition coefficient (Wildman–Crippen LogP) is 0.405. The normalized spacial score (nSPS) is 9.08. The van der Waals surface area contributed by atoms with Crippen LogP contribution in [0.4, 0.5) is 0 Å². The Hall–Kier alpha value is -1.16. The van der Waals surface area contributed by atoms with Gasteiger partial charge in [0.1, 0.15) is 0 Å². The van der Waals surface area contributed by atoms with Crippen LogP contribution in [0.5, 0.6) is 0 Å². The maximum Gasteiger partial charge on any atom is 0.337 e. The van der Waals surface area contributed by atoms with Crippen LogP contribution in [0.2, 0.25) is 0 Å². The molecule has 0 aliphatic carbocycles. The molecule has 0 aliphatic rings. The zero-order valence-electron chi connectivity index (χ0n) is 6.78. The van der Waals surface area contributed by atoms with Gasteiger partial charge >= 0.3 is 11.9 Å². The number of ether oxygens (including phenoxy) is 1. The molecular weight excluding hydrogens is 160 g/mol. The van der Waals surface area contributed by atoms with Crippen molar-refractivity contribution < 1.29 is 19.4 Å². The molecule has 0 aromatic heterocycles. The van der Waals surface area contributed by atoms with Crippen LogP contribution in [0.3, 0.4) is 0 Å². The van der Waals surface area contributed by atoms with E-state index in [1.54, 1.807) is 0 Å². The molecule has 68 valence electrons. The number of carbonyl (C=O) groups excluding carboxylic acids is 2. The molecule has 0 bridgehead atoms. The van der Waals surface area contributed by atoms with E-state index < -0.39 is 11.9 Å². The summed E-state index contributed by atoms with van der Waals surface area (Å²) in [6, 6.07) is 0. The van der Waals surface area contributed by atoms with Gasteiger partial charge in [-0.3, -0.25) is 4.79 Å². The van der Waals surface area contributed by atoms with Gasteiger partial charge in [-0.1, -0.05) is 6.58 Å². The van der Waals surface area contributed by atoms with Crippen molar-refractivity contribution in [3.8, 4) is 0 Å². The summed E-state index contributed by atoms with van der Waals surface area (Å²) in [7, 11) is 0. The van der Waals surface area contributed by atoms with Gasteiger partial charge in [0, 0.05) is 19.1 Å². The van der Waals surface area contributed by atoms with Crippen molar-refractivity contribution in [2.45, 2.75) is 19.3 Å². The Bertz CT molecular complexity index is 174. The molecule has 0 atom stereocenters. The molecule has 0 aromatic carbocycles. The summed E-state index contributed by atoms with van der Waals surface area (Å²) in [6.45, 7) is 3.19. The van der Waals surface area contributed by atoms with E-state index in [2.05, 4.69) is 11.3 Å². The molecule has 4 heteroatoms. The molecule has 12 heavy (non-hydrogen) atoms. The number of hydrogen-bond acceptors (Lipinski definition) is 4. The molecule has 0 heterocycles. The minimum atomic E-state index is -0.732. The van der Waals surface area contributed by atoms with Crippen LogP contribution in [0.1, 0.15) is 19.3 Å². The zero-order chi connectivity index (χ0) is 9.40. The highest BCUT2D eigenvalue weighted by atomic mass is 16.6. The molecule has 0 saturated carbocycles. The summed E-state index contributed by atoms with van der Waals surface area (Å²) in [4.78, 5) is 21.2. The molecule has 0 amide bonds. The first kappa shape index (κ1) is 10.8. The molecular formula is C8H12O4. The lowest BCUT2D eigenvalue weighted by Gasteiger charge is -1.98. The molecule has 4 nitrogen and oxygen atoms in total. The third-order valence-electron chi connectivity index (χ3n) is 1.17. The Balaban J connectivity index is 3.46. The predicted molar refractivity (Wildman–Crippen MR) is 42.2 cm³/mol. The maximum atomic E-state index is 10.7. The number of unbranched alkanes of at least 4 members (excludes halogenated alkanes) is 1. The molecule has 0 fully saturated rings. The summed E-state index contributed by atoms with van der Waals surface area (Å²) < 4.78 is 4.27. The summed E-state index contributed by atoms with van der Waals surface area (Å²) >= 11 is 0. The molecule has 0 aromatic rings. The molecule has 0 spiro atoms. The average molecular weight is 172 g/mol. The van der Waals surface area contributed by atoms with Gasteiger partial charge in [-0.05, 0) is 12.8 Å². The van der Waals surface area contributed by atoms with Crippen LogP contribution in [-0.4, -0.2) is 23.7 Å². The minimum Gasteiger partial charge on any atom is -0.396 e. The van der Waals surface area contributed by atoms with E-state index in [4.69, 9.17) is 5.11 Å². The van der Waals surface area contributed by atoms with Crippen molar-refractivity contribution in [2.24, 2.45) is 0 Å². The van der Waals surface area contributed by atoms with E-state index in [1.807, 2.05) is 0 Å². The number of aliphatic hydroxyl groups excluding tert-OH is 1. The second-order valence-corrected chi connectivity index (χ2v) is 2.18. The Labute approximate surface area is 70.8 Å². The van der Waals surface area contributed by atoms with Crippen molar-refractivity contribution >= 4 is 11.9 Å². The lowest BCUT2D eigenvalue weighted by molar-refractivity contribution is -0.156. The van der Waals surface area contributed by atoms with Gasteiger partial charge in [-0.2, -0.15) is 0 Å². The van der Waals surface area contributed by atoms with Gasteiger partial charge < -0.3 is 9.84 Å². The fourth-order valence-electron chi connectivity index (χ4n) is 0.586. The van der Waals surface area contributed by atoms with Crippen molar-refractivity contribution in [1.29, 1.82) is 0 Å². The van der Waals surface area contributed by atoms with E-state index in [1.165, 1.54) is 0 Å². The fourth-order valence-corrected chi connectivity index (χ4v) is 0.586. The first-order valence-electron chi connectivity index (χ1n) is 3.68. The highest BCUT2D eigenvalue weighted by Gasteiger charge is 2.05. The lowest BCUT2D eigenvalue weighted by Crippen LogP contribution is -2.09. The summed E-state index contributed by atoms with van der Waals surface area (Å²) in [6.07, 6.45) is 2.15. The average Bonchev–Trinajstić information content (AvgIpc) is 2.05. The number of hydrogen-bond donors (Lipinski definition) is 1. The Morgan fingerprint density at radius 1 is 1.42 bits per heavy atom. The van der Waals surface area contributed by atoms with Crippen molar-refractivity contribution in [1.82, 2.24) is 0 Å². The van der Waals surface area contributed by atoms with Crippen LogP contribution in [-0.2, 0) is 14.3 Å². The first-order chi connectivity index (χ1) is 5.70. The van der Waals surface area contributed by atoms with Gasteiger partial charge in [-0.15, -0.1) is 0 Å². The van der Waals surface area contributed by atoms with Gasteiger partial charge in [0.2, 0.25) is 0 Å². The maximum absolute atomic E-state index is 10.7. The van der Waals surface area contributed by atoms with E-state index in [0.29, 0.717) is 12.8 Å². The quantitative estimate of drug-likeness (QED) is 0.282. The number of esters is 2. The van der Waals surface area contributed by atoms with E-state index in [0.717, 1.165) is 6.08 Å². The molecule has 0 rings (SSSR count).